The summed E-state index contributed by atoms with van der Waals surface area (Å²) in [6.45, 7) is 14.3. The first-order chi connectivity index (χ1) is 19.3. The molecule has 1 unspecified atom stereocenters. The van der Waals surface area contributed by atoms with Gasteiger partial charge in [-0.1, -0.05) is 11.6 Å². The van der Waals surface area contributed by atoms with Gasteiger partial charge in [-0.2, -0.15) is 10.1 Å². The van der Waals surface area contributed by atoms with Crippen molar-refractivity contribution < 1.29 is 13.2 Å². The minimum atomic E-state index is -3.63. The monoisotopic (exact) mass is 601 g/mol. The fourth-order valence-electron chi connectivity index (χ4n) is 5.87. The molecule has 12 heteroatoms. The number of aryl methyl sites for hydroxylation is 2. The number of ether oxygens (including phenoxy) is 1. The van der Waals surface area contributed by atoms with Crippen LogP contribution in [0.5, 0.6) is 5.75 Å². The second-order valence-electron chi connectivity index (χ2n) is 11.8. The van der Waals surface area contributed by atoms with E-state index in [0.717, 1.165) is 43.8 Å². The van der Waals surface area contributed by atoms with E-state index < -0.39 is 15.1 Å². The number of rotatable bonds is 8. The third-order valence-electron chi connectivity index (χ3n) is 8.04. The minimum Gasteiger partial charge on any atom is -0.488 e. The number of halogens is 1. The average Bonchev–Trinajstić information content (AvgIpc) is 3.48. The Kier molecular flexibility index (Phi) is 8.24. The van der Waals surface area contributed by atoms with Gasteiger partial charge in [0.2, 0.25) is 20.8 Å². The van der Waals surface area contributed by atoms with Crippen molar-refractivity contribution in [3.63, 3.8) is 0 Å². The van der Waals surface area contributed by atoms with E-state index >= 15 is 0 Å². The molecule has 0 aliphatic carbocycles. The zero-order valence-corrected chi connectivity index (χ0v) is 26.4. The van der Waals surface area contributed by atoms with E-state index in [1.54, 1.807) is 27.1 Å². The molecule has 0 bridgehead atoms. The Morgan fingerprint density at radius 1 is 1.12 bits per heavy atom. The van der Waals surface area contributed by atoms with Gasteiger partial charge in [-0.25, -0.2) is 13.4 Å². The van der Waals surface area contributed by atoms with Gasteiger partial charge in [-0.15, -0.1) is 0 Å². The van der Waals surface area contributed by atoms with E-state index in [9.17, 15) is 8.42 Å². The molecule has 0 radical (unpaired) electrons. The van der Waals surface area contributed by atoms with Crippen molar-refractivity contribution >= 4 is 44.6 Å². The number of benzene rings is 1. The lowest BCUT2D eigenvalue weighted by Crippen LogP contribution is -2.38. The molecule has 0 amide bonds. The topological polar surface area (TPSA) is 114 Å². The number of sulfone groups is 1. The Labute approximate surface area is 247 Å². The van der Waals surface area contributed by atoms with Crippen LogP contribution in [0.4, 0.5) is 23.1 Å². The molecular formula is C29H40ClN7O3S. The van der Waals surface area contributed by atoms with Crippen LogP contribution in [0.2, 0.25) is 5.02 Å². The fraction of sp³-hybridized carbons (Fsp3) is 0.552. The van der Waals surface area contributed by atoms with E-state index in [1.165, 1.54) is 27.6 Å². The van der Waals surface area contributed by atoms with Gasteiger partial charge in [0.05, 0.1) is 22.8 Å². The molecule has 222 valence electrons. The highest BCUT2D eigenvalue weighted by Gasteiger charge is 2.32. The van der Waals surface area contributed by atoms with Crippen LogP contribution in [-0.2, 0) is 23.3 Å². The number of piperidine rings is 1. The number of nitrogens with one attached hydrogen (secondary N) is 2. The summed E-state index contributed by atoms with van der Waals surface area (Å²) in [5.74, 6) is 1.96. The van der Waals surface area contributed by atoms with E-state index in [1.807, 2.05) is 0 Å². The van der Waals surface area contributed by atoms with Gasteiger partial charge in [0.15, 0.2) is 5.82 Å². The first-order valence-electron chi connectivity index (χ1n) is 14.3. The second kappa shape index (κ2) is 11.4. The van der Waals surface area contributed by atoms with Gasteiger partial charge < -0.3 is 20.3 Å². The largest absolute Gasteiger partial charge is 0.488 e. The van der Waals surface area contributed by atoms with Gasteiger partial charge in [0.1, 0.15) is 16.9 Å². The van der Waals surface area contributed by atoms with Crippen molar-refractivity contribution in [2.75, 3.05) is 23.7 Å². The third-order valence-corrected chi connectivity index (χ3v) is 10.4. The maximum atomic E-state index is 12.9. The summed E-state index contributed by atoms with van der Waals surface area (Å²) in [5.41, 5.74) is 5.04. The second-order valence-corrected chi connectivity index (χ2v) is 14.6. The fourth-order valence-corrected chi connectivity index (χ4v) is 7.10. The molecule has 1 atom stereocenters. The van der Waals surface area contributed by atoms with Crippen molar-refractivity contribution in [3.8, 4) is 5.75 Å². The molecule has 0 saturated carbocycles. The summed E-state index contributed by atoms with van der Waals surface area (Å²) in [6, 6.07) is 2.70. The maximum absolute atomic E-state index is 12.9. The lowest BCUT2D eigenvalue weighted by Gasteiger charge is -2.36. The predicted molar refractivity (Wildman–Crippen MR) is 163 cm³/mol. The highest BCUT2D eigenvalue weighted by atomic mass is 35.5. The summed E-state index contributed by atoms with van der Waals surface area (Å²) < 4.78 is 33.6. The van der Waals surface area contributed by atoms with E-state index in [0.29, 0.717) is 23.6 Å². The Morgan fingerprint density at radius 3 is 2.49 bits per heavy atom. The molecule has 3 aromatic rings. The standard InChI is InChI=1S/C29H40ClN7O3S/c1-16(2)37-10-8-20(9-11-37)25-18(5)12-23(26-21(25)13-19(6)40-26)33-29-31-14-22(30)27(34-29)32-24-15-36(7)35-28(24)41(38,39)17(3)4/h12,14-17,19-20H,8-11,13H2,1-7H3,(H2,31,32,33,34). The van der Waals surface area contributed by atoms with Crippen LogP contribution in [0, 0.1) is 6.92 Å². The minimum absolute atomic E-state index is 0.0511. The lowest BCUT2D eigenvalue weighted by molar-refractivity contribution is 0.171. The third kappa shape index (κ3) is 5.89. The van der Waals surface area contributed by atoms with Crippen molar-refractivity contribution in [2.45, 2.75) is 89.1 Å². The lowest BCUT2D eigenvalue weighted by atomic mass is 9.82. The Balaban J connectivity index is 1.44. The molecule has 0 spiro atoms. The first-order valence-corrected chi connectivity index (χ1v) is 16.2. The zero-order chi connectivity index (χ0) is 29.6. The molecule has 2 aliphatic heterocycles. The summed E-state index contributed by atoms with van der Waals surface area (Å²) in [7, 11) is -1.96. The molecule has 10 nitrogen and oxygen atoms in total. The van der Waals surface area contributed by atoms with Crippen molar-refractivity contribution in [1.29, 1.82) is 0 Å². The van der Waals surface area contributed by atoms with Crippen LogP contribution < -0.4 is 15.4 Å². The maximum Gasteiger partial charge on any atom is 0.229 e. The summed E-state index contributed by atoms with van der Waals surface area (Å²) in [4.78, 5) is 11.5. The number of hydrogen-bond donors (Lipinski definition) is 2. The number of aromatic nitrogens is 4. The van der Waals surface area contributed by atoms with Crippen LogP contribution in [0.3, 0.4) is 0 Å². The average molecular weight is 602 g/mol. The highest BCUT2D eigenvalue weighted by Crippen LogP contribution is 2.46. The van der Waals surface area contributed by atoms with E-state index in [-0.39, 0.29) is 22.0 Å². The Hall–Kier alpha value is -2.89. The Morgan fingerprint density at radius 2 is 1.83 bits per heavy atom. The number of likely N-dealkylation sites (tertiary alicyclic amines) is 1. The van der Waals surface area contributed by atoms with Crippen LogP contribution in [0.1, 0.15) is 70.1 Å². The Bertz CT molecular complexity index is 1550. The molecule has 5 rings (SSSR count). The summed E-state index contributed by atoms with van der Waals surface area (Å²) in [6.07, 6.45) is 6.32. The zero-order valence-electron chi connectivity index (χ0n) is 24.8. The molecule has 2 aliphatic rings. The number of nitrogens with zero attached hydrogens (tertiary/aromatic N) is 5. The molecule has 2 N–H and O–H groups in total. The van der Waals surface area contributed by atoms with Gasteiger partial charge in [-0.05, 0) is 90.6 Å². The molecule has 1 fully saturated rings. The summed E-state index contributed by atoms with van der Waals surface area (Å²) in [5, 5.41) is 10.2. The molecule has 4 heterocycles. The SMILES string of the molecule is Cc1cc(Nc2ncc(Cl)c(Nc3cn(C)nc3S(=O)(=O)C(C)C)n2)c2c(c1C1CCN(C(C)C)CC1)CC(C)O2. The van der Waals surface area contributed by atoms with Gasteiger partial charge in [-0.3, -0.25) is 4.68 Å². The smallest absolute Gasteiger partial charge is 0.229 e. The normalized spacial score (nSPS) is 18.1. The van der Waals surface area contributed by atoms with Crippen LogP contribution in [0.15, 0.2) is 23.5 Å². The van der Waals surface area contributed by atoms with Gasteiger partial charge in [0.25, 0.3) is 0 Å². The highest BCUT2D eigenvalue weighted by molar-refractivity contribution is 7.92. The predicted octanol–water partition coefficient (Wildman–Crippen LogP) is 5.75. The van der Waals surface area contributed by atoms with E-state index in [4.69, 9.17) is 16.3 Å². The first kappa shape index (κ1) is 29.6. The van der Waals surface area contributed by atoms with Crippen LogP contribution in [-0.4, -0.2) is 63.6 Å². The molecule has 2 aromatic heterocycles. The number of anilines is 4. The molecule has 41 heavy (non-hydrogen) atoms. The van der Waals surface area contributed by atoms with Crippen LogP contribution >= 0.6 is 11.6 Å². The molecular weight excluding hydrogens is 562 g/mol. The number of hydrogen-bond acceptors (Lipinski definition) is 9. The van der Waals surface area contributed by atoms with Crippen molar-refractivity contribution in [1.82, 2.24) is 24.6 Å². The van der Waals surface area contributed by atoms with Crippen LogP contribution in [0.25, 0.3) is 0 Å². The van der Waals surface area contributed by atoms with Crippen molar-refractivity contribution in [2.24, 2.45) is 7.05 Å². The quantitative estimate of drug-likeness (QED) is 0.333. The molecule has 1 aromatic carbocycles. The van der Waals surface area contributed by atoms with Gasteiger partial charge >= 0.3 is 0 Å². The molecule has 1 saturated heterocycles. The van der Waals surface area contributed by atoms with E-state index in [2.05, 4.69) is 64.4 Å². The summed E-state index contributed by atoms with van der Waals surface area (Å²) >= 11 is 6.44. The van der Waals surface area contributed by atoms with Gasteiger partial charge in [0, 0.05) is 31.3 Å². The number of fused-ring (bicyclic) bond motifs is 1. The van der Waals surface area contributed by atoms with Crippen molar-refractivity contribution in [3.05, 3.63) is 40.2 Å².